The average molecular weight is 882 g/mol. The van der Waals surface area contributed by atoms with E-state index in [0.717, 1.165) is 96.3 Å². The van der Waals surface area contributed by atoms with Gasteiger partial charge in [0.15, 0.2) is 0 Å². The smallest absolute Gasteiger partial charge is 0.306 e. The first-order chi connectivity index (χ1) is 31.0. The number of aliphatic hydroxyl groups excluding tert-OH is 2. The maximum absolute atomic E-state index is 13.2. The summed E-state index contributed by atoms with van der Waals surface area (Å²) in [4.78, 5) is 26.1. The van der Waals surface area contributed by atoms with Gasteiger partial charge in [0, 0.05) is 6.42 Å². The van der Waals surface area contributed by atoms with E-state index in [1.54, 1.807) is 0 Å². The quantitative estimate of drug-likeness (QED) is 0.0321. The highest BCUT2D eigenvalue weighted by Crippen LogP contribution is 2.17. The standard InChI is InChI=1S/C57H103NO5/c1-4-7-10-13-16-19-21-23-25-27-28-29-31-33-35-38-41-44-47-50-57(62)63-53(48-45-42-39-36-18-15-12-9-6-3)51-56(61)58-54(52-59)55(60)49-46-43-40-37-34-32-30-26-24-22-20-17-14-11-8-5-2/h15-16,18-19,23,25,28-29,33,35,53-55,59-60H,4-14,17,20-22,24,26-27,30-32,34,36-52H2,1-3H3,(H,58,61)/b18-15-,19-16-,25-23-,29-28-,35-33-. The summed E-state index contributed by atoms with van der Waals surface area (Å²) in [5.74, 6) is -0.526. The van der Waals surface area contributed by atoms with E-state index in [4.69, 9.17) is 4.74 Å². The molecule has 0 fully saturated rings. The summed E-state index contributed by atoms with van der Waals surface area (Å²) in [6, 6.07) is -0.714. The van der Waals surface area contributed by atoms with Crippen molar-refractivity contribution in [3.63, 3.8) is 0 Å². The van der Waals surface area contributed by atoms with E-state index < -0.39 is 18.2 Å². The zero-order chi connectivity index (χ0) is 45.9. The van der Waals surface area contributed by atoms with Crippen molar-refractivity contribution in [2.45, 2.75) is 283 Å². The molecule has 3 atom stereocenters. The fraction of sp³-hybridized carbons (Fsp3) is 0.789. The molecule has 366 valence electrons. The monoisotopic (exact) mass is 882 g/mol. The summed E-state index contributed by atoms with van der Waals surface area (Å²) in [6.45, 7) is 6.41. The molecule has 0 heterocycles. The van der Waals surface area contributed by atoms with Crippen molar-refractivity contribution in [2.24, 2.45) is 0 Å². The number of rotatable bonds is 48. The predicted octanol–water partition coefficient (Wildman–Crippen LogP) is 16.4. The lowest BCUT2D eigenvalue weighted by Gasteiger charge is -2.24. The lowest BCUT2D eigenvalue weighted by Crippen LogP contribution is -2.46. The molecule has 0 saturated heterocycles. The number of allylic oxidation sites excluding steroid dienone is 10. The number of carbonyl (C=O) groups excluding carboxylic acids is 2. The molecule has 0 spiro atoms. The van der Waals surface area contributed by atoms with Gasteiger partial charge < -0.3 is 20.3 Å². The molecule has 6 heteroatoms. The summed E-state index contributed by atoms with van der Waals surface area (Å²) in [5.41, 5.74) is 0. The SMILES string of the molecule is CCCC/C=C\CCCCCC(CC(=O)NC(CO)C(O)CCCCCCCCCCCCCCCCCC)OC(=O)CCCCC/C=C\C/C=C\C/C=C\C/C=C\CCCCC. The molecule has 0 radical (unpaired) electrons. The van der Waals surface area contributed by atoms with E-state index in [-0.39, 0.29) is 24.9 Å². The van der Waals surface area contributed by atoms with Crippen molar-refractivity contribution in [3.05, 3.63) is 60.8 Å². The van der Waals surface area contributed by atoms with Crippen LogP contribution in [-0.4, -0.2) is 46.9 Å². The van der Waals surface area contributed by atoms with Gasteiger partial charge in [-0.05, 0) is 89.9 Å². The fourth-order valence-electron chi connectivity index (χ4n) is 7.92. The first-order valence-electron chi connectivity index (χ1n) is 27.0. The van der Waals surface area contributed by atoms with Gasteiger partial charge in [0.2, 0.25) is 5.91 Å². The number of hydrogen-bond donors (Lipinski definition) is 3. The van der Waals surface area contributed by atoms with Gasteiger partial charge in [-0.2, -0.15) is 0 Å². The Morgan fingerprint density at radius 2 is 0.825 bits per heavy atom. The minimum absolute atomic E-state index is 0.0526. The maximum Gasteiger partial charge on any atom is 0.306 e. The molecule has 0 saturated carbocycles. The average Bonchev–Trinajstić information content (AvgIpc) is 3.28. The molecule has 0 aliphatic rings. The number of ether oxygens (including phenoxy) is 1. The zero-order valence-corrected chi connectivity index (χ0v) is 41.7. The van der Waals surface area contributed by atoms with Crippen LogP contribution in [0.4, 0.5) is 0 Å². The first kappa shape index (κ1) is 60.6. The lowest BCUT2D eigenvalue weighted by molar-refractivity contribution is -0.151. The minimum Gasteiger partial charge on any atom is -0.462 e. The molecule has 0 aromatic rings. The second kappa shape index (κ2) is 50.6. The van der Waals surface area contributed by atoms with Gasteiger partial charge in [-0.25, -0.2) is 0 Å². The Labute approximate surface area is 390 Å². The minimum atomic E-state index is -0.798. The summed E-state index contributed by atoms with van der Waals surface area (Å²) in [6.07, 6.45) is 62.9. The zero-order valence-electron chi connectivity index (χ0n) is 41.7. The van der Waals surface area contributed by atoms with E-state index in [1.807, 2.05) is 0 Å². The number of unbranched alkanes of at least 4 members (excludes halogenated alkanes) is 26. The number of hydrogen-bond acceptors (Lipinski definition) is 5. The fourth-order valence-corrected chi connectivity index (χ4v) is 7.92. The molecule has 3 unspecified atom stereocenters. The third kappa shape index (κ3) is 45.9. The van der Waals surface area contributed by atoms with Crippen LogP contribution in [0.3, 0.4) is 0 Å². The Morgan fingerprint density at radius 3 is 1.32 bits per heavy atom. The van der Waals surface area contributed by atoms with Gasteiger partial charge in [-0.3, -0.25) is 9.59 Å². The molecule has 0 aromatic carbocycles. The van der Waals surface area contributed by atoms with Crippen LogP contribution in [-0.2, 0) is 14.3 Å². The summed E-state index contributed by atoms with van der Waals surface area (Å²) >= 11 is 0. The Hall–Kier alpha value is -2.44. The van der Waals surface area contributed by atoms with Crippen LogP contribution in [0.1, 0.15) is 265 Å². The second-order valence-electron chi connectivity index (χ2n) is 18.3. The third-order valence-corrected chi connectivity index (χ3v) is 12.1. The molecule has 3 N–H and O–H groups in total. The van der Waals surface area contributed by atoms with Crippen molar-refractivity contribution >= 4 is 11.9 Å². The Bertz CT molecular complexity index is 1130. The van der Waals surface area contributed by atoms with Gasteiger partial charge in [0.1, 0.15) is 6.10 Å². The third-order valence-electron chi connectivity index (χ3n) is 12.1. The van der Waals surface area contributed by atoms with Crippen LogP contribution < -0.4 is 5.32 Å². The summed E-state index contributed by atoms with van der Waals surface area (Å²) < 4.78 is 5.90. The highest BCUT2D eigenvalue weighted by atomic mass is 16.5. The van der Waals surface area contributed by atoms with Crippen LogP contribution in [0.2, 0.25) is 0 Å². The second-order valence-corrected chi connectivity index (χ2v) is 18.3. The van der Waals surface area contributed by atoms with E-state index in [9.17, 15) is 19.8 Å². The Morgan fingerprint density at radius 1 is 0.460 bits per heavy atom. The number of amides is 1. The molecular weight excluding hydrogens is 779 g/mol. The normalized spacial score (nSPS) is 13.7. The molecule has 6 nitrogen and oxygen atoms in total. The van der Waals surface area contributed by atoms with Gasteiger partial charge >= 0.3 is 5.97 Å². The van der Waals surface area contributed by atoms with Crippen LogP contribution in [0.15, 0.2) is 60.8 Å². The first-order valence-corrected chi connectivity index (χ1v) is 27.0. The van der Waals surface area contributed by atoms with Crippen molar-refractivity contribution in [2.75, 3.05) is 6.61 Å². The largest absolute Gasteiger partial charge is 0.462 e. The molecule has 0 aliphatic heterocycles. The van der Waals surface area contributed by atoms with Crippen molar-refractivity contribution in [3.8, 4) is 0 Å². The molecular formula is C57H103NO5. The van der Waals surface area contributed by atoms with E-state index in [0.29, 0.717) is 19.3 Å². The molecule has 1 amide bonds. The maximum atomic E-state index is 13.2. The van der Waals surface area contributed by atoms with Gasteiger partial charge in [0.25, 0.3) is 0 Å². The molecule has 0 bridgehead atoms. The Balaban J connectivity index is 4.48. The van der Waals surface area contributed by atoms with Crippen LogP contribution >= 0.6 is 0 Å². The molecule has 0 aliphatic carbocycles. The molecule has 0 aromatic heterocycles. The number of carbonyl (C=O) groups is 2. The summed E-state index contributed by atoms with van der Waals surface area (Å²) in [5, 5.41) is 23.8. The van der Waals surface area contributed by atoms with E-state index in [1.165, 1.54) is 122 Å². The predicted molar refractivity (Wildman–Crippen MR) is 273 cm³/mol. The topological polar surface area (TPSA) is 95.9 Å². The summed E-state index contributed by atoms with van der Waals surface area (Å²) in [7, 11) is 0. The van der Waals surface area contributed by atoms with Gasteiger partial charge in [0.05, 0.1) is 25.2 Å². The molecule has 63 heavy (non-hydrogen) atoms. The van der Waals surface area contributed by atoms with Crippen molar-refractivity contribution in [1.82, 2.24) is 5.32 Å². The van der Waals surface area contributed by atoms with Crippen LogP contribution in [0.5, 0.6) is 0 Å². The Kier molecular flexibility index (Phi) is 48.6. The van der Waals surface area contributed by atoms with Crippen molar-refractivity contribution in [1.29, 1.82) is 0 Å². The highest BCUT2D eigenvalue weighted by molar-refractivity contribution is 5.77. The molecule has 0 rings (SSSR count). The number of nitrogens with one attached hydrogen (secondary N) is 1. The van der Waals surface area contributed by atoms with E-state index >= 15 is 0 Å². The van der Waals surface area contributed by atoms with E-state index in [2.05, 4.69) is 86.8 Å². The number of esters is 1. The van der Waals surface area contributed by atoms with Crippen LogP contribution in [0, 0.1) is 0 Å². The van der Waals surface area contributed by atoms with Crippen molar-refractivity contribution < 1.29 is 24.5 Å². The van der Waals surface area contributed by atoms with Gasteiger partial charge in [-0.15, -0.1) is 0 Å². The lowest BCUT2D eigenvalue weighted by atomic mass is 10.0. The number of aliphatic hydroxyl groups is 2. The van der Waals surface area contributed by atoms with Crippen LogP contribution in [0.25, 0.3) is 0 Å². The highest BCUT2D eigenvalue weighted by Gasteiger charge is 2.24. The van der Waals surface area contributed by atoms with Gasteiger partial charge in [-0.1, -0.05) is 223 Å².